The van der Waals surface area contributed by atoms with Gasteiger partial charge in [-0.2, -0.15) is 0 Å². The van der Waals surface area contributed by atoms with Crippen molar-refractivity contribution in [2.45, 2.75) is 6.92 Å². The van der Waals surface area contributed by atoms with Gasteiger partial charge in [0.2, 0.25) is 11.2 Å². The summed E-state index contributed by atoms with van der Waals surface area (Å²) in [6.07, 6.45) is -0.668. The van der Waals surface area contributed by atoms with Gasteiger partial charge in [0.15, 0.2) is 0 Å². The number of pyridine rings is 1. The third-order valence-corrected chi connectivity index (χ3v) is 4.19. The molecule has 0 aliphatic carbocycles. The summed E-state index contributed by atoms with van der Waals surface area (Å²) in [6, 6.07) is 14.4. The largest absolute Gasteiger partial charge is 0.412 e. The third-order valence-electron chi connectivity index (χ3n) is 3.89. The highest BCUT2D eigenvalue weighted by Gasteiger charge is 2.21. The Hall–Kier alpha value is -2.79. The summed E-state index contributed by atoms with van der Waals surface area (Å²) in [4.78, 5) is 24.9. The number of hydrogen-bond acceptors (Lipinski definition) is 3. The van der Waals surface area contributed by atoms with E-state index >= 15 is 0 Å². The normalized spacial score (nSPS) is 10.7. The summed E-state index contributed by atoms with van der Waals surface area (Å²) in [6.45, 7) is 2.18. The number of aromatic nitrogens is 1. The second-order valence-corrected chi connectivity index (χ2v) is 5.89. The number of fused-ring (bicyclic) bond motifs is 1. The molecule has 2 aromatic carbocycles. The molecule has 1 N–H and O–H groups in total. The van der Waals surface area contributed by atoms with Crippen LogP contribution in [0, 0.1) is 0 Å². The van der Waals surface area contributed by atoms with Gasteiger partial charge in [0, 0.05) is 19.2 Å². The highest BCUT2D eigenvalue weighted by molar-refractivity contribution is 6.35. The third kappa shape index (κ3) is 3.10. The highest BCUT2D eigenvalue weighted by atomic mass is 35.5. The fourth-order valence-corrected chi connectivity index (χ4v) is 3.12. The Bertz CT molecular complexity index is 997. The van der Waals surface area contributed by atoms with Gasteiger partial charge in [0.1, 0.15) is 0 Å². The Kier molecular flexibility index (Phi) is 4.76. The Balaban J connectivity index is 2.37. The second kappa shape index (κ2) is 6.99. The maximum Gasteiger partial charge on any atom is 0.412 e. The Morgan fingerprint density at radius 1 is 1.16 bits per heavy atom. The van der Waals surface area contributed by atoms with Gasteiger partial charge in [-0.15, -0.1) is 0 Å². The van der Waals surface area contributed by atoms with Crippen molar-refractivity contribution < 1.29 is 9.53 Å². The maximum atomic E-state index is 13.0. The fourth-order valence-electron chi connectivity index (χ4n) is 2.82. The van der Waals surface area contributed by atoms with Gasteiger partial charge >= 0.3 is 6.09 Å². The van der Waals surface area contributed by atoms with Crippen molar-refractivity contribution in [3.8, 4) is 17.0 Å². The average Bonchev–Trinajstić information content (AvgIpc) is 2.60. The standard InChI is InChI=1S/C19H17ClN2O3/c1-3-21-19(24)25-18-15(12-8-5-4-6-9-12)22(2)16-13(17(18)23)10-7-11-14(16)20/h4-11H,3H2,1-2H3,(H,21,24). The van der Waals surface area contributed by atoms with Crippen molar-refractivity contribution in [2.24, 2.45) is 7.05 Å². The minimum Gasteiger partial charge on any atom is -0.404 e. The van der Waals surface area contributed by atoms with Crippen LogP contribution in [0.2, 0.25) is 5.02 Å². The lowest BCUT2D eigenvalue weighted by Crippen LogP contribution is -2.29. The molecule has 25 heavy (non-hydrogen) atoms. The molecule has 128 valence electrons. The molecule has 0 aliphatic heterocycles. The van der Waals surface area contributed by atoms with Gasteiger partial charge in [-0.05, 0) is 19.1 Å². The van der Waals surface area contributed by atoms with E-state index in [4.69, 9.17) is 16.3 Å². The molecule has 3 rings (SSSR count). The van der Waals surface area contributed by atoms with E-state index in [2.05, 4.69) is 5.32 Å². The number of rotatable bonds is 3. The van der Waals surface area contributed by atoms with E-state index in [1.54, 1.807) is 36.7 Å². The van der Waals surface area contributed by atoms with E-state index in [-0.39, 0.29) is 11.2 Å². The molecule has 0 saturated carbocycles. The van der Waals surface area contributed by atoms with Crippen molar-refractivity contribution in [1.82, 2.24) is 9.88 Å². The monoisotopic (exact) mass is 356 g/mol. The first-order valence-electron chi connectivity index (χ1n) is 7.87. The number of carbonyl (C=O) groups is 1. The van der Waals surface area contributed by atoms with Crippen LogP contribution in [0.3, 0.4) is 0 Å². The molecule has 0 bridgehead atoms. The van der Waals surface area contributed by atoms with Crippen LogP contribution in [-0.2, 0) is 7.05 Å². The lowest BCUT2D eigenvalue weighted by molar-refractivity contribution is 0.200. The summed E-state index contributed by atoms with van der Waals surface area (Å²) in [5.74, 6) is -0.0191. The van der Waals surface area contributed by atoms with Crippen LogP contribution >= 0.6 is 11.6 Å². The molecule has 0 radical (unpaired) electrons. The zero-order chi connectivity index (χ0) is 18.0. The van der Waals surface area contributed by atoms with Crippen LogP contribution in [0.1, 0.15) is 6.92 Å². The van der Waals surface area contributed by atoms with Crippen LogP contribution in [0.15, 0.2) is 53.3 Å². The van der Waals surface area contributed by atoms with Crippen molar-refractivity contribution in [1.29, 1.82) is 0 Å². The zero-order valence-electron chi connectivity index (χ0n) is 13.9. The Labute approximate surface area is 149 Å². The number of nitrogens with zero attached hydrogens (tertiary/aromatic N) is 1. The van der Waals surface area contributed by atoms with Crippen LogP contribution < -0.4 is 15.5 Å². The van der Waals surface area contributed by atoms with Gasteiger partial charge in [-0.1, -0.05) is 48.0 Å². The van der Waals surface area contributed by atoms with E-state index in [1.807, 2.05) is 30.3 Å². The topological polar surface area (TPSA) is 60.3 Å². The Morgan fingerprint density at radius 2 is 1.88 bits per heavy atom. The molecule has 0 aliphatic rings. The number of halogens is 1. The average molecular weight is 357 g/mol. The van der Waals surface area contributed by atoms with Crippen molar-refractivity contribution in [3.05, 3.63) is 63.8 Å². The second-order valence-electron chi connectivity index (χ2n) is 5.49. The first kappa shape index (κ1) is 17.0. The SMILES string of the molecule is CCNC(=O)Oc1c(-c2ccccc2)n(C)c2c(Cl)cccc2c1=O. The summed E-state index contributed by atoms with van der Waals surface area (Å²) in [5, 5.41) is 3.40. The number of benzene rings is 2. The molecule has 0 saturated heterocycles. The minimum absolute atomic E-state index is 0.0191. The van der Waals surface area contributed by atoms with Gasteiger partial charge < -0.3 is 14.6 Å². The molecule has 1 amide bonds. The van der Waals surface area contributed by atoms with E-state index in [0.29, 0.717) is 28.2 Å². The first-order chi connectivity index (χ1) is 12.0. The number of hydrogen-bond donors (Lipinski definition) is 1. The van der Waals surface area contributed by atoms with Gasteiger partial charge in [0.05, 0.1) is 21.6 Å². The number of carbonyl (C=O) groups excluding carboxylic acids is 1. The number of ether oxygens (including phenoxy) is 1. The lowest BCUT2D eigenvalue weighted by Gasteiger charge is -2.18. The molecule has 5 nitrogen and oxygen atoms in total. The summed E-state index contributed by atoms with van der Waals surface area (Å²) in [7, 11) is 1.79. The summed E-state index contributed by atoms with van der Waals surface area (Å²) < 4.78 is 7.15. The predicted molar refractivity (Wildman–Crippen MR) is 99.3 cm³/mol. The number of para-hydroxylation sites is 1. The van der Waals surface area contributed by atoms with E-state index in [1.165, 1.54) is 0 Å². The van der Waals surface area contributed by atoms with Gasteiger partial charge in [-0.3, -0.25) is 4.79 Å². The van der Waals surface area contributed by atoms with Crippen LogP contribution in [0.5, 0.6) is 5.75 Å². The maximum absolute atomic E-state index is 13.0. The fraction of sp³-hybridized carbons (Fsp3) is 0.158. The minimum atomic E-state index is -0.668. The van der Waals surface area contributed by atoms with Crippen molar-refractivity contribution in [3.63, 3.8) is 0 Å². The molecule has 1 heterocycles. The van der Waals surface area contributed by atoms with E-state index < -0.39 is 6.09 Å². The smallest absolute Gasteiger partial charge is 0.404 e. The molecule has 6 heteroatoms. The van der Waals surface area contributed by atoms with E-state index in [9.17, 15) is 9.59 Å². The van der Waals surface area contributed by atoms with Crippen LogP contribution in [0.4, 0.5) is 4.79 Å². The van der Waals surface area contributed by atoms with E-state index in [0.717, 1.165) is 5.56 Å². The zero-order valence-corrected chi connectivity index (χ0v) is 14.6. The molecular weight excluding hydrogens is 340 g/mol. The highest BCUT2D eigenvalue weighted by Crippen LogP contribution is 2.32. The number of nitrogens with one attached hydrogen (secondary N) is 1. The molecule has 0 fully saturated rings. The number of aryl methyl sites for hydroxylation is 1. The summed E-state index contributed by atoms with van der Waals surface area (Å²) >= 11 is 6.32. The predicted octanol–water partition coefficient (Wildman–Crippen LogP) is 3.97. The van der Waals surface area contributed by atoms with Gasteiger partial charge in [-0.25, -0.2) is 4.79 Å². The quantitative estimate of drug-likeness (QED) is 0.772. The molecule has 0 atom stereocenters. The molecule has 0 spiro atoms. The molecule has 1 aromatic heterocycles. The first-order valence-corrected chi connectivity index (χ1v) is 8.24. The Morgan fingerprint density at radius 3 is 2.56 bits per heavy atom. The van der Waals surface area contributed by atoms with Crippen molar-refractivity contribution >= 4 is 28.6 Å². The van der Waals surface area contributed by atoms with Crippen LogP contribution in [0.25, 0.3) is 22.2 Å². The molecular formula is C19H17ClN2O3. The lowest BCUT2D eigenvalue weighted by atomic mass is 10.1. The number of amides is 1. The molecule has 3 aromatic rings. The van der Waals surface area contributed by atoms with Gasteiger partial charge in [0.25, 0.3) is 0 Å². The van der Waals surface area contributed by atoms with Crippen LogP contribution in [-0.4, -0.2) is 17.2 Å². The molecule has 0 unspecified atom stereocenters. The van der Waals surface area contributed by atoms with Crippen molar-refractivity contribution in [2.75, 3.05) is 6.54 Å². The summed E-state index contributed by atoms with van der Waals surface area (Å²) in [5.41, 5.74) is 1.47.